The first-order chi connectivity index (χ1) is 10.0. The molecule has 2 aromatic rings. The van der Waals surface area contributed by atoms with E-state index < -0.39 is 0 Å². The summed E-state index contributed by atoms with van der Waals surface area (Å²) in [5, 5.41) is 0. The van der Waals surface area contributed by atoms with Crippen LogP contribution in [0.15, 0.2) is 40.9 Å². The fraction of sp³-hybridized carbons (Fsp3) is 0.294. The van der Waals surface area contributed by atoms with Crippen molar-refractivity contribution in [2.24, 2.45) is 5.84 Å². The molecule has 0 radical (unpaired) electrons. The van der Waals surface area contributed by atoms with Crippen LogP contribution in [0.3, 0.4) is 0 Å². The summed E-state index contributed by atoms with van der Waals surface area (Å²) in [4.78, 5) is 0. The van der Waals surface area contributed by atoms with Crippen molar-refractivity contribution in [3.8, 4) is 5.75 Å². The quantitative estimate of drug-likeness (QED) is 0.637. The van der Waals surface area contributed by atoms with Crippen LogP contribution in [0.25, 0.3) is 0 Å². The molecule has 3 N–H and O–H groups in total. The first-order valence-corrected chi connectivity index (χ1v) is 7.70. The Morgan fingerprint density at radius 1 is 1.19 bits per heavy atom. The molecule has 2 aromatic carbocycles. The maximum Gasteiger partial charge on any atom is 0.122 e. The van der Waals surface area contributed by atoms with Crippen LogP contribution in [0, 0.1) is 13.8 Å². The average Bonchev–Trinajstić information content (AvgIpc) is 2.45. The minimum Gasteiger partial charge on any atom is -0.496 e. The molecule has 21 heavy (non-hydrogen) atoms. The lowest BCUT2D eigenvalue weighted by molar-refractivity contribution is 0.405. The normalized spacial score (nSPS) is 12.2. The Morgan fingerprint density at radius 2 is 1.95 bits per heavy atom. The van der Waals surface area contributed by atoms with Gasteiger partial charge in [0.15, 0.2) is 0 Å². The zero-order valence-corrected chi connectivity index (χ0v) is 14.2. The van der Waals surface area contributed by atoms with Crippen LogP contribution in [0.2, 0.25) is 0 Å². The predicted molar refractivity (Wildman–Crippen MR) is 90.4 cm³/mol. The van der Waals surface area contributed by atoms with Crippen molar-refractivity contribution < 1.29 is 4.74 Å². The smallest absolute Gasteiger partial charge is 0.122 e. The van der Waals surface area contributed by atoms with E-state index in [2.05, 4.69) is 59.5 Å². The van der Waals surface area contributed by atoms with Crippen LogP contribution >= 0.6 is 15.9 Å². The van der Waals surface area contributed by atoms with Crippen LogP contribution in [-0.2, 0) is 6.42 Å². The number of hydrazine groups is 1. The first kappa shape index (κ1) is 16.0. The predicted octanol–water partition coefficient (Wildman–Crippen LogP) is 3.82. The van der Waals surface area contributed by atoms with E-state index in [1.807, 2.05) is 12.1 Å². The molecule has 0 saturated heterocycles. The highest BCUT2D eigenvalue weighted by Crippen LogP contribution is 2.28. The molecule has 0 aromatic heterocycles. The van der Waals surface area contributed by atoms with Gasteiger partial charge in [-0.15, -0.1) is 0 Å². The molecule has 2 rings (SSSR count). The van der Waals surface area contributed by atoms with Gasteiger partial charge in [0.25, 0.3) is 0 Å². The molecule has 0 fully saturated rings. The lowest BCUT2D eigenvalue weighted by Gasteiger charge is -2.20. The maximum absolute atomic E-state index is 5.79. The van der Waals surface area contributed by atoms with Gasteiger partial charge >= 0.3 is 0 Å². The fourth-order valence-electron chi connectivity index (χ4n) is 2.58. The van der Waals surface area contributed by atoms with Gasteiger partial charge in [-0.05, 0) is 55.2 Å². The molecule has 0 aliphatic rings. The number of nitrogens with two attached hydrogens (primary N) is 1. The van der Waals surface area contributed by atoms with Crippen LogP contribution in [-0.4, -0.2) is 7.11 Å². The number of rotatable bonds is 5. The molecule has 0 heterocycles. The molecule has 0 amide bonds. The molecule has 0 aliphatic heterocycles. The molecular weight excluding hydrogens is 328 g/mol. The second kappa shape index (κ2) is 7.07. The number of benzene rings is 2. The molecular formula is C17H21BrN2O. The Labute approximate surface area is 134 Å². The first-order valence-electron chi connectivity index (χ1n) is 6.91. The SMILES string of the molecule is COc1ccc(C)cc1CC(NN)c1ccc(Br)cc1C. The van der Waals surface area contributed by atoms with Gasteiger partial charge in [-0.3, -0.25) is 11.3 Å². The van der Waals surface area contributed by atoms with Crippen molar-refractivity contribution in [2.75, 3.05) is 7.11 Å². The lowest BCUT2D eigenvalue weighted by atomic mass is 9.95. The molecule has 3 nitrogen and oxygen atoms in total. The van der Waals surface area contributed by atoms with E-state index in [4.69, 9.17) is 10.6 Å². The molecule has 4 heteroatoms. The molecule has 0 bridgehead atoms. The van der Waals surface area contributed by atoms with E-state index in [0.29, 0.717) is 0 Å². The standard InChI is InChI=1S/C17H21BrN2O/c1-11-4-7-17(21-3)13(8-11)10-16(20-19)15-6-5-14(18)9-12(15)2/h4-9,16,20H,10,19H2,1-3H3. The third kappa shape index (κ3) is 3.84. The highest BCUT2D eigenvalue weighted by atomic mass is 79.9. The van der Waals surface area contributed by atoms with Gasteiger partial charge in [-0.25, -0.2) is 0 Å². The van der Waals surface area contributed by atoms with Crippen LogP contribution in [0.1, 0.15) is 28.3 Å². The number of nitrogens with one attached hydrogen (secondary N) is 1. The van der Waals surface area contributed by atoms with Crippen molar-refractivity contribution in [2.45, 2.75) is 26.3 Å². The van der Waals surface area contributed by atoms with E-state index in [-0.39, 0.29) is 6.04 Å². The minimum absolute atomic E-state index is 0.0498. The van der Waals surface area contributed by atoms with E-state index in [0.717, 1.165) is 22.2 Å². The molecule has 0 saturated carbocycles. The molecule has 112 valence electrons. The summed E-state index contributed by atoms with van der Waals surface area (Å²) in [7, 11) is 1.70. The van der Waals surface area contributed by atoms with E-state index in [9.17, 15) is 0 Å². The summed E-state index contributed by atoms with van der Waals surface area (Å²) in [6, 6.07) is 12.5. The van der Waals surface area contributed by atoms with Gasteiger partial charge in [0, 0.05) is 4.47 Å². The minimum atomic E-state index is 0.0498. The highest BCUT2D eigenvalue weighted by Gasteiger charge is 2.15. The van der Waals surface area contributed by atoms with Gasteiger partial charge in [-0.1, -0.05) is 39.7 Å². The Hall–Kier alpha value is -1.36. The molecule has 0 aliphatic carbocycles. The van der Waals surface area contributed by atoms with Gasteiger partial charge in [0.1, 0.15) is 5.75 Å². The third-order valence-corrected chi connectivity index (χ3v) is 4.16. The topological polar surface area (TPSA) is 47.3 Å². The number of hydrogen-bond acceptors (Lipinski definition) is 3. The number of aryl methyl sites for hydroxylation is 2. The van der Waals surface area contributed by atoms with Gasteiger partial charge in [0.05, 0.1) is 13.2 Å². The van der Waals surface area contributed by atoms with E-state index >= 15 is 0 Å². The third-order valence-electron chi connectivity index (χ3n) is 3.67. The molecule has 0 spiro atoms. The van der Waals surface area contributed by atoms with Crippen molar-refractivity contribution >= 4 is 15.9 Å². The number of hydrogen-bond donors (Lipinski definition) is 2. The van der Waals surface area contributed by atoms with Crippen LogP contribution in [0.4, 0.5) is 0 Å². The average molecular weight is 349 g/mol. The number of methoxy groups -OCH3 is 1. The van der Waals surface area contributed by atoms with Gasteiger partial charge < -0.3 is 4.74 Å². The Kier molecular flexibility index (Phi) is 5.39. The second-order valence-electron chi connectivity index (χ2n) is 5.24. The highest BCUT2D eigenvalue weighted by molar-refractivity contribution is 9.10. The molecule has 1 unspecified atom stereocenters. The summed E-state index contributed by atoms with van der Waals surface area (Å²) in [6.07, 6.45) is 0.782. The van der Waals surface area contributed by atoms with Crippen LogP contribution in [0.5, 0.6) is 5.75 Å². The van der Waals surface area contributed by atoms with Crippen molar-refractivity contribution in [1.82, 2.24) is 5.43 Å². The second-order valence-corrected chi connectivity index (χ2v) is 6.16. The zero-order chi connectivity index (χ0) is 15.4. The fourth-order valence-corrected chi connectivity index (χ4v) is 3.05. The van der Waals surface area contributed by atoms with Crippen molar-refractivity contribution in [1.29, 1.82) is 0 Å². The Morgan fingerprint density at radius 3 is 2.57 bits per heavy atom. The van der Waals surface area contributed by atoms with E-state index in [1.165, 1.54) is 16.7 Å². The summed E-state index contributed by atoms with van der Waals surface area (Å²) in [5.74, 6) is 6.69. The maximum atomic E-state index is 5.79. The van der Waals surface area contributed by atoms with Crippen LogP contribution < -0.4 is 16.0 Å². The van der Waals surface area contributed by atoms with E-state index in [1.54, 1.807) is 7.11 Å². The Balaban J connectivity index is 2.33. The van der Waals surface area contributed by atoms with Crippen molar-refractivity contribution in [3.05, 3.63) is 63.1 Å². The monoisotopic (exact) mass is 348 g/mol. The summed E-state index contributed by atoms with van der Waals surface area (Å²) >= 11 is 3.49. The van der Waals surface area contributed by atoms with Crippen molar-refractivity contribution in [3.63, 3.8) is 0 Å². The number of halogens is 1. The summed E-state index contributed by atoms with van der Waals surface area (Å²) in [5.41, 5.74) is 7.70. The van der Waals surface area contributed by atoms with Gasteiger partial charge in [0.2, 0.25) is 0 Å². The lowest BCUT2D eigenvalue weighted by Crippen LogP contribution is -2.30. The Bertz CT molecular complexity index is 628. The zero-order valence-electron chi connectivity index (χ0n) is 12.6. The number of ether oxygens (including phenoxy) is 1. The largest absolute Gasteiger partial charge is 0.496 e. The summed E-state index contributed by atoms with van der Waals surface area (Å²) in [6.45, 7) is 4.18. The van der Waals surface area contributed by atoms with Gasteiger partial charge in [-0.2, -0.15) is 0 Å². The molecule has 1 atom stereocenters. The summed E-state index contributed by atoms with van der Waals surface area (Å²) < 4.78 is 6.53.